The molecule has 2 aliphatic rings. The van der Waals surface area contributed by atoms with Crippen molar-refractivity contribution in [2.24, 2.45) is 5.92 Å². The molecule has 3 N–H and O–H groups in total. The molecule has 1 aromatic heterocycles. The van der Waals surface area contributed by atoms with Gasteiger partial charge in [-0.05, 0) is 81.0 Å². The molecule has 5 rings (SSSR count). The second-order valence-electron chi connectivity index (χ2n) is 9.41. The van der Waals surface area contributed by atoms with Crippen LogP contribution in [0.15, 0.2) is 36.5 Å². The molecule has 6 nitrogen and oxygen atoms in total. The molecule has 2 saturated carbocycles. The molecule has 0 spiro atoms. The molecule has 1 heterocycles. The van der Waals surface area contributed by atoms with Gasteiger partial charge in [0.2, 0.25) is 0 Å². The van der Waals surface area contributed by atoms with E-state index in [0.29, 0.717) is 23.4 Å². The van der Waals surface area contributed by atoms with Crippen LogP contribution in [0.2, 0.25) is 5.02 Å². The normalized spacial score (nSPS) is 20.3. The lowest BCUT2D eigenvalue weighted by molar-refractivity contribution is 0.0968. The second-order valence-corrected chi connectivity index (χ2v) is 9.82. The minimum Gasteiger partial charge on any atom is -0.503 e. The first-order chi connectivity index (χ1) is 16.5. The molecule has 2 aromatic carbocycles. The summed E-state index contributed by atoms with van der Waals surface area (Å²) in [5.74, 6) is 0.536. The number of pyridine rings is 1. The highest BCUT2D eigenvalue weighted by molar-refractivity contribution is 6.32. The number of fused-ring (bicyclic) bond motifs is 1. The van der Waals surface area contributed by atoms with E-state index in [1.807, 2.05) is 19.2 Å². The van der Waals surface area contributed by atoms with Crippen molar-refractivity contribution in [3.05, 3.63) is 47.1 Å². The van der Waals surface area contributed by atoms with Crippen molar-refractivity contribution < 1.29 is 14.6 Å². The zero-order chi connectivity index (χ0) is 23.8. The lowest BCUT2D eigenvalue weighted by Crippen LogP contribution is -2.35. The van der Waals surface area contributed by atoms with Gasteiger partial charge in [-0.3, -0.25) is 9.78 Å². The average molecular weight is 480 g/mol. The minimum absolute atomic E-state index is 0.0767. The largest absolute Gasteiger partial charge is 0.503 e. The average Bonchev–Trinajstić information content (AvgIpc) is 3.71. The number of aromatic nitrogens is 1. The van der Waals surface area contributed by atoms with Gasteiger partial charge in [0, 0.05) is 29.6 Å². The SMILES string of the molecule is CN[C@H]1CC[C@H](Nc2c(C(=O)C3CC3)cnc3ccc(-c4cc(Cl)c(O)c(OC)c4)cc23)CC1. The van der Waals surface area contributed by atoms with E-state index in [2.05, 4.69) is 21.7 Å². The van der Waals surface area contributed by atoms with E-state index in [1.54, 1.807) is 18.3 Å². The summed E-state index contributed by atoms with van der Waals surface area (Å²) >= 11 is 6.25. The number of anilines is 1. The number of methoxy groups -OCH3 is 1. The molecule has 0 atom stereocenters. The van der Waals surface area contributed by atoms with Crippen molar-refractivity contribution in [2.75, 3.05) is 19.5 Å². The maximum absolute atomic E-state index is 13.2. The number of phenols is 1. The molecule has 2 fully saturated rings. The molecular formula is C27H30ClN3O3. The predicted molar refractivity (Wildman–Crippen MR) is 136 cm³/mol. The minimum atomic E-state index is -0.0767. The lowest BCUT2D eigenvalue weighted by Gasteiger charge is -2.30. The van der Waals surface area contributed by atoms with Crippen molar-refractivity contribution in [1.82, 2.24) is 10.3 Å². The molecule has 0 bridgehead atoms. The smallest absolute Gasteiger partial charge is 0.176 e. The zero-order valence-corrected chi connectivity index (χ0v) is 20.3. The van der Waals surface area contributed by atoms with Gasteiger partial charge in [0.25, 0.3) is 0 Å². The van der Waals surface area contributed by atoms with E-state index in [1.165, 1.54) is 7.11 Å². The highest BCUT2D eigenvalue weighted by atomic mass is 35.5. The van der Waals surface area contributed by atoms with E-state index in [-0.39, 0.29) is 22.5 Å². The third kappa shape index (κ3) is 4.44. The molecule has 0 radical (unpaired) electrons. The number of nitrogens with one attached hydrogen (secondary N) is 2. The third-order valence-electron chi connectivity index (χ3n) is 7.15. The van der Waals surface area contributed by atoms with E-state index in [9.17, 15) is 9.90 Å². The monoisotopic (exact) mass is 479 g/mol. The highest BCUT2D eigenvalue weighted by Gasteiger charge is 2.33. The maximum Gasteiger partial charge on any atom is 0.176 e. The van der Waals surface area contributed by atoms with Crippen molar-refractivity contribution in [1.29, 1.82) is 0 Å². The highest BCUT2D eigenvalue weighted by Crippen LogP contribution is 2.41. The van der Waals surface area contributed by atoms with Gasteiger partial charge in [0.15, 0.2) is 17.3 Å². The summed E-state index contributed by atoms with van der Waals surface area (Å²) < 4.78 is 5.29. The van der Waals surface area contributed by atoms with Crippen LogP contribution in [-0.4, -0.2) is 42.1 Å². The van der Waals surface area contributed by atoms with E-state index >= 15 is 0 Å². The van der Waals surface area contributed by atoms with E-state index in [4.69, 9.17) is 16.3 Å². The number of aromatic hydroxyl groups is 1. The second kappa shape index (κ2) is 9.43. The van der Waals surface area contributed by atoms with Crippen molar-refractivity contribution in [2.45, 2.75) is 50.6 Å². The van der Waals surface area contributed by atoms with Crippen LogP contribution in [0.5, 0.6) is 11.5 Å². The maximum atomic E-state index is 13.2. The van der Waals surface area contributed by atoms with Crippen LogP contribution < -0.4 is 15.4 Å². The van der Waals surface area contributed by atoms with Gasteiger partial charge in [0.05, 0.1) is 28.9 Å². The Morgan fingerprint density at radius 1 is 1.06 bits per heavy atom. The Kier molecular flexibility index (Phi) is 6.36. The fourth-order valence-corrected chi connectivity index (χ4v) is 5.12. The molecule has 0 aliphatic heterocycles. The number of carbonyl (C=O) groups is 1. The molecular weight excluding hydrogens is 450 g/mol. The summed E-state index contributed by atoms with van der Waals surface area (Å²) in [6.45, 7) is 0. The third-order valence-corrected chi connectivity index (χ3v) is 7.44. The van der Waals surface area contributed by atoms with Crippen LogP contribution in [0.25, 0.3) is 22.0 Å². The molecule has 0 amide bonds. The number of ether oxygens (including phenoxy) is 1. The summed E-state index contributed by atoms with van der Waals surface area (Å²) in [7, 11) is 3.52. The summed E-state index contributed by atoms with van der Waals surface area (Å²) in [5, 5.41) is 18.4. The number of halogens is 1. The molecule has 0 saturated heterocycles. The number of hydrogen-bond acceptors (Lipinski definition) is 6. The first-order valence-corrected chi connectivity index (χ1v) is 12.3. The Labute approximate surface area is 204 Å². The summed E-state index contributed by atoms with van der Waals surface area (Å²) in [6, 6.07) is 10.3. The molecule has 178 valence electrons. The van der Waals surface area contributed by atoms with Crippen LogP contribution in [0.4, 0.5) is 5.69 Å². The molecule has 3 aromatic rings. The summed E-state index contributed by atoms with van der Waals surface area (Å²) in [6.07, 6.45) is 7.98. The number of Topliss-reactive ketones (excluding diaryl/α,β-unsaturated/α-hetero) is 1. The number of hydrogen-bond donors (Lipinski definition) is 3. The molecule has 34 heavy (non-hydrogen) atoms. The van der Waals surface area contributed by atoms with Crippen molar-refractivity contribution >= 4 is 34.0 Å². The number of rotatable bonds is 7. The number of carbonyl (C=O) groups excluding carboxylic acids is 1. The fraction of sp³-hybridized carbons (Fsp3) is 0.407. The Balaban J connectivity index is 1.59. The summed E-state index contributed by atoms with van der Waals surface area (Å²) in [5.41, 5.74) is 4.13. The first kappa shape index (κ1) is 22.9. The van der Waals surface area contributed by atoms with Crippen molar-refractivity contribution in [3.63, 3.8) is 0 Å². The van der Waals surface area contributed by atoms with Gasteiger partial charge < -0.3 is 20.5 Å². The standard InChI is InChI=1S/C27H30ClN3O3/c1-29-18-6-8-19(9-7-18)31-25-20-11-16(17-12-22(28)27(33)24(13-17)34-2)5-10-23(20)30-14-21(25)26(32)15-3-4-15/h5,10-15,18-19,29,33H,3-4,6-9H2,1-2H3,(H,30,31)/t18-,19-. The van der Waals surface area contributed by atoms with Crippen LogP contribution in [0.3, 0.4) is 0 Å². The quantitative estimate of drug-likeness (QED) is 0.371. The van der Waals surface area contributed by atoms with E-state index < -0.39 is 0 Å². The molecule has 0 unspecified atom stereocenters. The number of benzene rings is 2. The van der Waals surface area contributed by atoms with Crippen LogP contribution >= 0.6 is 11.6 Å². The van der Waals surface area contributed by atoms with Crippen LogP contribution in [0, 0.1) is 5.92 Å². The Hall–Kier alpha value is -2.83. The Morgan fingerprint density at radius 2 is 1.79 bits per heavy atom. The fourth-order valence-electron chi connectivity index (χ4n) is 4.91. The molecule has 2 aliphatic carbocycles. The number of nitrogens with zero attached hydrogens (tertiary/aromatic N) is 1. The number of phenolic OH excluding ortho intramolecular Hbond substituents is 1. The van der Waals surface area contributed by atoms with Gasteiger partial charge in [-0.25, -0.2) is 0 Å². The Morgan fingerprint density at radius 3 is 2.47 bits per heavy atom. The van der Waals surface area contributed by atoms with Crippen molar-refractivity contribution in [3.8, 4) is 22.6 Å². The van der Waals surface area contributed by atoms with Crippen LogP contribution in [-0.2, 0) is 0 Å². The Bertz CT molecular complexity index is 1230. The van der Waals surface area contributed by atoms with Gasteiger partial charge in [-0.15, -0.1) is 0 Å². The van der Waals surface area contributed by atoms with Gasteiger partial charge in [0.1, 0.15) is 0 Å². The first-order valence-electron chi connectivity index (χ1n) is 12.0. The van der Waals surface area contributed by atoms with Gasteiger partial charge in [-0.2, -0.15) is 0 Å². The molecule has 7 heteroatoms. The lowest BCUT2D eigenvalue weighted by atomic mass is 9.90. The summed E-state index contributed by atoms with van der Waals surface area (Å²) in [4.78, 5) is 17.8. The van der Waals surface area contributed by atoms with Crippen LogP contribution in [0.1, 0.15) is 48.9 Å². The van der Waals surface area contributed by atoms with E-state index in [0.717, 1.165) is 66.2 Å². The van der Waals surface area contributed by atoms with Gasteiger partial charge >= 0.3 is 0 Å². The van der Waals surface area contributed by atoms with Gasteiger partial charge in [-0.1, -0.05) is 17.7 Å². The zero-order valence-electron chi connectivity index (χ0n) is 19.5. The topological polar surface area (TPSA) is 83.5 Å². The predicted octanol–water partition coefficient (Wildman–Crippen LogP) is 5.80. The number of ketones is 1.